The molecule has 2 fully saturated rings. The van der Waals surface area contributed by atoms with Crippen molar-refractivity contribution in [2.75, 3.05) is 19.6 Å². The average molecular weight is 155 g/mol. The molecule has 0 amide bonds. The number of likely N-dealkylation sites (tertiary alicyclic amines) is 1. The zero-order chi connectivity index (χ0) is 7.90. The first kappa shape index (κ1) is 7.10. The van der Waals surface area contributed by atoms with Crippen LogP contribution in [0.15, 0.2) is 0 Å². The number of nitrogens with zero attached hydrogens (tertiary/aromatic N) is 1. The lowest BCUT2D eigenvalue weighted by Crippen LogP contribution is -2.60. The number of carboxylic acid groups (broad SMARTS) is 1. The van der Waals surface area contributed by atoms with Crippen LogP contribution in [0.5, 0.6) is 0 Å². The van der Waals surface area contributed by atoms with Crippen LogP contribution >= 0.6 is 0 Å². The molecule has 0 atom stereocenters. The number of carboxylic acids is 1. The molecule has 1 aliphatic carbocycles. The molecule has 3 heteroatoms. The SMILES string of the molecule is O=C(O)CN1CC2(CCC2)C1. The molecule has 1 aliphatic heterocycles. The third kappa shape index (κ3) is 1.13. The van der Waals surface area contributed by atoms with Crippen molar-refractivity contribution in [1.82, 2.24) is 4.90 Å². The molecule has 0 aromatic carbocycles. The van der Waals surface area contributed by atoms with Gasteiger partial charge < -0.3 is 5.11 Å². The van der Waals surface area contributed by atoms with Crippen LogP contribution < -0.4 is 0 Å². The van der Waals surface area contributed by atoms with E-state index in [2.05, 4.69) is 0 Å². The van der Waals surface area contributed by atoms with Crippen molar-refractivity contribution < 1.29 is 9.90 Å². The smallest absolute Gasteiger partial charge is 0.317 e. The molecule has 3 nitrogen and oxygen atoms in total. The number of hydrogen-bond donors (Lipinski definition) is 1. The van der Waals surface area contributed by atoms with Gasteiger partial charge in [-0.05, 0) is 18.3 Å². The monoisotopic (exact) mass is 155 g/mol. The summed E-state index contributed by atoms with van der Waals surface area (Å²) in [5, 5.41) is 8.47. The van der Waals surface area contributed by atoms with E-state index in [1.165, 1.54) is 19.3 Å². The molecule has 0 aromatic heterocycles. The van der Waals surface area contributed by atoms with Gasteiger partial charge in [-0.2, -0.15) is 0 Å². The highest BCUT2D eigenvalue weighted by atomic mass is 16.4. The Morgan fingerprint density at radius 3 is 2.45 bits per heavy atom. The van der Waals surface area contributed by atoms with Crippen molar-refractivity contribution >= 4 is 5.97 Å². The molecular weight excluding hydrogens is 142 g/mol. The molecule has 1 N–H and O–H groups in total. The Balaban J connectivity index is 1.75. The third-order valence-electron chi connectivity index (χ3n) is 2.89. The Kier molecular flexibility index (Phi) is 1.42. The van der Waals surface area contributed by atoms with Crippen LogP contribution in [0.1, 0.15) is 19.3 Å². The van der Waals surface area contributed by atoms with Crippen molar-refractivity contribution in [2.45, 2.75) is 19.3 Å². The fourth-order valence-corrected chi connectivity index (χ4v) is 2.20. The van der Waals surface area contributed by atoms with E-state index in [1.54, 1.807) is 0 Å². The van der Waals surface area contributed by atoms with Crippen LogP contribution in [0.25, 0.3) is 0 Å². The van der Waals surface area contributed by atoms with Gasteiger partial charge in [-0.3, -0.25) is 9.69 Å². The summed E-state index contributed by atoms with van der Waals surface area (Å²) in [4.78, 5) is 12.3. The molecular formula is C8H13NO2. The normalized spacial score (nSPS) is 27.6. The summed E-state index contributed by atoms with van der Waals surface area (Å²) < 4.78 is 0. The summed E-state index contributed by atoms with van der Waals surface area (Å²) >= 11 is 0. The molecule has 2 rings (SSSR count). The van der Waals surface area contributed by atoms with Gasteiger partial charge in [0.25, 0.3) is 0 Å². The Bertz CT molecular complexity index is 179. The van der Waals surface area contributed by atoms with Gasteiger partial charge in [-0.1, -0.05) is 6.42 Å². The van der Waals surface area contributed by atoms with Gasteiger partial charge >= 0.3 is 5.97 Å². The first-order valence-corrected chi connectivity index (χ1v) is 4.14. The van der Waals surface area contributed by atoms with Crippen LogP contribution in [0.2, 0.25) is 0 Å². The summed E-state index contributed by atoms with van der Waals surface area (Å²) in [7, 11) is 0. The van der Waals surface area contributed by atoms with Crippen molar-refractivity contribution in [3.05, 3.63) is 0 Å². The number of aliphatic carboxylic acids is 1. The largest absolute Gasteiger partial charge is 0.480 e. The summed E-state index contributed by atoms with van der Waals surface area (Å²) in [6, 6.07) is 0. The Labute approximate surface area is 66.0 Å². The summed E-state index contributed by atoms with van der Waals surface area (Å²) in [6.45, 7) is 2.29. The summed E-state index contributed by atoms with van der Waals surface area (Å²) in [5.74, 6) is -0.695. The number of hydrogen-bond acceptors (Lipinski definition) is 2. The highest BCUT2D eigenvalue weighted by molar-refractivity contribution is 5.69. The molecule has 0 aromatic rings. The third-order valence-corrected chi connectivity index (χ3v) is 2.89. The van der Waals surface area contributed by atoms with Crippen LogP contribution in [0, 0.1) is 5.41 Å². The standard InChI is InChI=1S/C8H13NO2/c10-7(11)4-9-5-8(6-9)2-1-3-8/h1-6H2,(H,10,11). The van der Waals surface area contributed by atoms with E-state index in [1.807, 2.05) is 4.90 Å². The van der Waals surface area contributed by atoms with Crippen LogP contribution in [-0.2, 0) is 4.79 Å². The minimum Gasteiger partial charge on any atom is -0.480 e. The summed E-state index contributed by atoms with van der Waals surface area (Å²) in [5.41, 5.74) is 0.565. The number of carbonyl (C=O) groups is 1. The van der Waals surface area contributed by atoms with Gasteiger partial charge in [0.1, 0.15) is 0 Å². The molecule has 1 saturated heterocycles. The highest BCUT2D eigenvalue weighted by Gasteiger charge is 2.47. The maximum Gasteiger partial charge on any atom is 0.317 e. The maximum atomic E-state index is 10.3. The van der Waals surface area contributed by atoms with Crippen LogP contribution in [0.3, 0.4) is 0 Å². The second-order valence-electron chi connectivity index (χ2n) is 3.89. The fourth-order valence-electron chi connectivity index (χ4n) is 2.20. The average Bonchev–Trinajstić information content (AvgIpc) is 1.71. The zero-order valence-electron chi connectivity index (χ0n) is 6.55. The van der Waals surface area contributed by atoms with Crippen molar-refractivity contribution in [3.8, 4) is 0 Å². The lowest BCUT2D eigenvalue weighted by atomic mass is 9.63. The van der Waals surface area contributed by atoms with E-state index in [4.69, 9.17) is 5.11 Å². The highest BCUT2D eigenvalue weighted by Crippen LogP contribution is 2.47. The Morgan fingerprint density at radius 1 is 1.45 bits per heavy atom. The molecule has 0 radical (unpaired) electrons. The molecule has 1 spiro atoms. The van der Waals surface area contributed by atoms with E-state index in [0.29, 0.717) is 5.41 Å². The van der Waals surface area contributed by atoms with Gasteiger partial charge in [0.15, 0.2) is 0 Å². The van der Waals surface area contributed by atoms with E-state index in [9.17, 15) is 4.79 Å². The maximum absolute atomic E-state index is 10.3. The first-order chi connectivity index (χ1) is 5.20. The fraction of sp³-hybridized carbons (Fsp3) is 0.875. The molecule has 0 unspecified atom stereocenters. The lowest BCUT2D eigenvalue weighted by molar-refractivity contribution is -0.144. The molecule has 62 valence electrons. The van der Waals surface area contributed by atoms with Crippen molar-refractivity contribution in [2.24, 2.45) is 5.41 Å². The molecule has 2 aliphatic rings. The lowest BCUT2D eigenvalue weighted by Gasteiger charge is -2.55. The Hall–Kier alpha value is -0.570. The minimum atomic E-state index is -0.695. The van der Waals surface area contributed by atoms with Gasteiger partial charge in [0.05, 0.1) is 6.54 Å². The molecule has 1 saturated carbocycles. The molecule has 11 heavy (non-hydrogen) atoms. The van der Waals surface area contributed by atoms with E-state index in [-0.39, 0.29) is 6.54 Å². The zero-order valence-corrected chi connectivity index (χ0v) is 6.55. The van der Waals surface area contributed by atoms with E-state index >= 15 is 0 Å². The van der Waals surface area contributed by atoms with Crippen molar-refractivity contribution in [3.63, 3.8) is 0 Å². The molecule has 0 bridgehead atoms. The van der Waals surface area contributed by atoms with Crippen LogP contribution in [-0.4, -0.2) is 35.6 Å². The topological polar surface area (TPSA) is 40.5 Å². The van der Waals surface area contributed by atoms with E-state index in [0.717, 1.165) is 13.1 Å². The number of rotatable bonds is 2. The van der Waals surface area contributed by atoms with Gasteiger partial charge in [0.2, 0.25) is 0 Å². The second kappa shape index (κ2) is 2.21. The minimum absolute atomic E-state index is 0.238. The predicted octanol–water partition coefficient (Wildman–Crippen LogP) is 0.557. The predicted molar refractivity (Wildman–Crippen MR) is 40.4 cm³/mol. The first-order valence-electron chi connectivity index (χ1n) is 4.14. The quantitative estimate of drug-likeness (QED) is 0.633. The van der Waals surface area contributed by atoms with Gasteiger partial charge in [-0.25, -0.2) is 0 Å². The second-order valence-corrected chi connectivity index (χ2v) is 3.89. The van der Waals surface area contributed by atoms with Gasteiger partial charge in [-0.15, -0.1) is 0 Å². The van der Waals surface area contributed by atoms with Gasteiger partial charge in [0, 0.05) is 13.1 Å². The van der Waals surface area contributed by atoms with Crippen LogP contribution in [0.4, 0.5) is 0 Å². The molecule has 1 heterocycles. The van der Waals surface area contributed by atoms with Crippen molar-refractivity contribution in [1.29, 1.82) is 0 Å². The Morgan fingerprint density at radius 2 is 2.09 bits per heavy atom. The van der Waals surface area contributed by atoms with E-state index < -0.39 is 5.97 Å². The summed E-state index contributed by atoms with van der Waals surface area (Å²) in [6.07, 6.45) is 3.99.